The van der Waals surface area contributed by atoms with Crippen molar-refractivity contribution in [2.75, 3.05) is 26.6 Å². The van der Waals surface area contributed by atoms with Gasteiger partial charge in [0.15, 0.2) is 17.3 Å². The molecule has 0 aliphatic heterocycles. The van der Waals surface area contributed by atoms with Crippen molar-refractivity contribution in [1.82, 2.24) is 19.9 Å². The van der Waals surface area contributed by atoms with Crippen LogP contribution in [0.5, 0.6) is 23.3 Å². The van der Waals surface area contributed by atoms with Crippen LogP contribution in [0.1, 0.15) is 27.2 Å². The summed E-state index contributed by atoms with van der Waals surface area (Å²) in [6, 6.07) is 16.9. The molecular weight excluding hydrogens is 498 g/mol. The van der Waals surface area contributed by atoms with E-state index in [9.17, 15) is 4.79 Å². The van der Waals surface area contributed by atoms with Gasteiger partial charge in [-0.15, -0.1) is 0 Å². The predicted molar refractivity (Wildman–Crippen MR) is 146 cm³/mol. The fraction of sp³-hybridized carbons (Fsp3) is 0.172. The minimum atomic E-state index is -0.325. The molecule has 198 valence electrons. The second-order valence-electron chi connectivity index (χ2n) is 8.52. The average molecular weight is 526 g/mol. The van der Waals surface area contributed by atoms with Crippen LogP contribution >= 0.6 is 0 Å². The van der Waals surface area contributed by atoms with Gasteiger partial charge in [0.05, 0.1) is 32.6 Å². The van der Waals surface area contributed by atoms with Crippen molar-refractivity contribution in [3.05, 3.63) is 95.6 Å². The van der Waals surface area contributed by atoms with Crippen LogP contribution in [0.2, 0.25) is 0 Å². The van der Waals surface area contributed by atoms with Crippen LogP contribution in [0.3, 0.4) is 0 Å². The first-order chi connectivity index (χ1) is 19.1. The Hall–Kier alpha value is -5.12. The zero-order chi connectivity index (χ0) is 27.2. The number of H-pyrrole nitrogens is 1. The molecule has 3 heterocycles. The summed E-state index contributed by atoms with van der Waals surface area (Å²) in [7, 11) is 4.50. The van der Waals surface area contributed by atoms with E-state index in [1.165, 1.54) is 27.5 Å². The van der Waals surface area contributed by atoms with Crippen LogP contribution < -0.4 is 24.3 Å². The Balaban J connectivity index is 1.47. The van der Waals surface area contributed by atoms with E-state index < -0.39 is 0 Å². The van der Waals surface area contributed by atoms with Crippen molar-refractivity contribution in [1.29, 1.82) is 0 Å². The van der Waals surface area contributed by atoms with Gasteiger partial charge < -0.3 is 29.2 Å². The van der Waals surface area contributed by atoms with Crippen molar-refractivity contribution < 1.29 is 23.7 Å². The zero-order valence-corrected chi connectivity index (χ0v) is 21.7. The number of ether oxygens (including phenoxy) is 4. The number of hydrogen-bond donors (Lipinski definition) is 2. The summed E-state index contributed by atoms with van der Waals surface area (Å²) in [4.78, 5) is 30.0. The Morgan fingerprint density at radius 3 is 2.49 bits per heavy atom. The smallest absolute Gasteiger partial charge is 0.318 e. The molecule has 0 radical (unpaired) electrons. The van der Waals surface area contributed by atoms with Gasteiger partial charge in [0.2, 0.25) is 5.75 Å². The lowest BCUT2D eigenvalue weighted by molar-refractivity contribution is 0.103. The number of methoxy groups -OCH3 is 3. The number of aromatic amines is 1. The van der Waals surface area contributed by atoms with E-state index in [0.717, 1.165) is 22.2 Å². The lowest BCUT2D eigenvalue weighted by Gasteiger charge is -2.15. The van der Waals surface area contributed by atoms with Crippen LogP contribution in [0, 0.1) is 0 Å². The number of nitrogens with zero attached hydrogens (tertiary/aromatic N) is 3. The molecule has 5 rings (SSSR count). The Morgan fingerprint density at radius 2 is 1.77 bits per heavy atom. The maximum atomic E-state index is 13.7. The first-order valence-electron chi connectivity index (χ1n) is 12.1. The molecule has 10 heteroatoms. The molecule has 0 spiro atoms. The fourth-order valence-electron chi connectivity index (χ4n) is 4.12. The molecule has 5 aromatic rings. The molecule has 10 nitrogen and oxygen atoms in total. The van der Waals surface area contributed by atoms with Gasteiger partial charge in [-0.1, -0.05) is 12.1 Å². The molecule has 0 amide bonds. The summed E-state index contributed by atoms with van der Waals surface area (Å²) in [6.07, 6.45) is 5.03. The number of hydrogen-bond acceptors (Lipinski definition) is 9. The van der Waals surface area contributed by atoms with Crippen molar-refractivity contribution in [3.8, 4) is 23.3 Å². The highest BCUT2D eigenvalue weighted by molar-refractivity contribution is 6.12. The molecule has 0 unspecified atom stereocenters. The van der Waals surface area contributed by atoms with E-state index in [-0.39, 0.29) is 24.0 Å². The number of fused-ring (bicyclic) bond motifs is 1. The van der Waals surface area contributed by atoms with Gasteiger partial charge in [0.1, 0.15) is 12.4 Å². The number of carbonyl (C=O) groups excluding carboxylic acids is 1. The Morgan fingerprint density at radius 1 is 0.949 bits per heavy atom. The van der Waals surface area contributed by atoms with Gasteiger partial charge >= 0.3 is 6.01 Å². The van der Waals surface area contributed by atoms with E-state index in [1.807, 2.05) is 42.6 Å². The van der Waals surface area contributed by atoms with Crippen LogP contribution in [-0.4, -0.2) is 47.0 Å². The summed E-state index contributed by atoms with van der Waals surface area (Å²) in [5.41, 5.74) is 3.38. The number of ketones is 1. The molecule has 0 bridgehead atoms. The molecule has 0 aliphatic carbocycles. The molecule has 39 heavy (non-hydrogen) atoms. The first kappa shape index (κ1) is 25.5. The SMILES string of the molecule is COc1cc(C(=O)c2cnc(OCc3ccccn3)nc2NCc2ccc3[nH]ccc3c2)cc(OC)c1OC. The number of aromatic nitrogens is 4. The van der Waals surface area contributed by atoms with E-state index in [2.05, 4.69) is 31.3 Å². The maximum absolute atomic E-state index is 13.7. The van der Waals surface area contributed by atoms with E-state index in [0.29, 0.717) is 35.2 Å². The van der Waals surface area contributed by atoms with Crippen LogP contribution in [0.25, 0.3) is 10.9 Å². The van der Waals surface area contributed by atoms with Crippen LogP contribution in [-0.2, 0) is 13.2 Å². The quantitative estimate of drug-likeness (QED) is 0.234. The van der Waals surface area contributed by atoms with Gasteiger partial charge in [0.25, 0.3) is 0 Å². The summed E-state index contributed by atoms with van der Waals surface area (Å²) in [5.74, 6) is 1.13. The fourth-order valence-corrected chi connectivity index (χ4v) is 4.12. The molecule has 3 aromatic heterocycles. The predicted octanol–water partition coefficient (Wildman–Crippen LogP) is 4.80. The molecule has 2 aromatic carbocycles. The van der Waals surface area contributed by atoms with Crippen LogP contribution in [0.15, 0.2) is 73.2 Å². The Kier molecular flexibility index (Phi) is 7.53. The molecule has 0 fully saturated rings. The molecule has 0 saturated carbocycles. The largest absolute Gasteiger partial charge is 0.493 e. The van der Waals surface area contributed by atoms with Gasteiger partial charge in [-0.3, -0.25) is 9.78 Å². The Bertz CT molecular complexity index is 1580. The lowest BCUT2D eigenvalue weighted by atomic mass is 10.0. The number of benzene rings is 2. The third kappa shape index (κ3) is 5.59. The van der Waals surface area contributed by atoms with Crippen molar-refractivity contribution in [2.24, 2.45) is 0 Å². The third-order valence-corrected chi connectivity index (χ3v) is 6.09. The average Bonchev–Trinajstić information content (AvgIpc) is 3.46. The number of anilines is 1. The Labute approximate surface area is 225 Å². The monoisotopic (exact) mass is 525 g/mol. The molecule has 2 N–H and O–H groups in total. The number of pyridine rings is 1. The van der Waals surface area contributed by atoms with Gasteiger partial charge in [-0.2, -0.15) is 4.98 Å². The van der Waals surface area contributed by atoms with Gasteiger partial charge in [-0.25, -0.2) is 4.98 Å². The highest BCUT2D eigenvalue weighted by Gasteiger charge is 2.22. The molecular formula is C29H27N5O5. The standard InChI is InChI=1S/C29H27N5O5/c1-36-24-13-20(14-25(37-2)27(24)38-3)26(35)22-16-33-29(39-17-21-6-4-5-10-30-21)34-28(22)32-15-18-7-8-23-19(12-18)9-11-31-23/h4-14,16,31H,15,17H2,1-3H3,(H,32,33,34). The molecule has 0 atom stereocenters. The third-order valence-electron chi connectivity index (χ3n) is 6.09. The van der Waals surface area contributed by atoms with Crippen molar-refractivity contribution in [2.45, 2.75) is 13.2 Å². The number of carbonyl (C=O) groups is 1. The number of rotatable bonds is 11. The second kappa shape index (κ2) is 11.5. The molecule has 0 aliphatic rings. The lowest BCUT2D eigenvalue weighted by Crippen LogP contribution is -2.12. The van der Waals surface area contributed by atoms with E-state index in [1.54, 1.807) is 18.3 Å². The summed E-state index contributed by atoms with van der Waals surface area (Å²) in [6.45, 7) is 0.609. The van der Waals surface area contributed by atoms with Gasteiger partial charge in [-0.05, 0) is 53.4 Å². The highest BCUT2D eigenvalue weighted by atomic mass is 16.5. The topological polar surface area (TPSA) is 120 Å². The highest BCUT2D eigenvalue weighted by Crippen LogP contribution is 2.39. The van der Waals surface area contributed by atoms with Crippen molar-refractivity contribution >= 4 is 22.5 Å². The summed E-state index contributed by atoms with van der Waals surface area (Å²) >= 11 is 0. The normalized spacial score (nSPS) is 10.7. The van der Waals surface area contributed by atoms with Crippen LogP contribution in [0.4, 0.5) is 5.82 Å². The summed E-state index contributed by atoms with van der Waals surface area (Å²) in [5, 5.41) is 4.38. The van der Waals surface area contributed by atoms with E-state index >= 15 is 0 Å². The van der Waals surface area contributed by atoms with E-state index in [4.69, 9.17) is 18.9 Å². The van der Waals surface area contributed by atoms with Crippen molar-refractivity contribution in [3.63, 3.8) is 0 Å². The minimum Gasteiger partial charge on any atom is -0.493 e. The minimum absolute atomic E-state index is 0.116. The first-order valence-corrected chi connectivity index (χ1v) is 12.1. The van der Waals surface area contributed by atoms with Gasteiger partial charge in [0, 0.05) is 36.2 Å². The second-order valence-corrected chi connectivity index (χ2v) is 8.52. The number of nitrogens with one attached hydrogen (secondary N) is 2. The maximum Gasteiger partial charge on any atom is 0.318 e. The summed E-state index contributed by atoms with van der Waals surface area (Å²) < 4.78 is 22.0. The zero-order valence-electron chi connectivity index (χ0n) is 21.7. The molecule has 0 saturated heterocycles.